The molecule has 120 valence electrons. The maximum atomic E-state index is 12.3. The van der Waals surface area contributed by atoms with E-state index >= 15 is 0 Å². The summed E-state index contributed by atoms with van der Waals surface area (Å²) in [4.78, 5) is 12.3. The van der Waals surface area contributed by atoms with Crippen molar-refractivity contribution in [2.75, 3.05) is 18.4 Å². The van der Waals surface area contributed by atoms with Gasteiger partial charge in [-0.2, -0.15) is 0 Å². The average molecular weight is 310 g/mol. The number of carbonyl (C=O) groups excluding carboxylic acids is 1. The van der Waals surface area contributed by atoms with E-state index in [2.05, 4.69) is 17.6 Å². The second-order valence-corrected chi connectivity index (χ2v) is 6.14. The Balaban J connectivity index is 1.48. The van der Waals surface area contributed by atoms with Gasteiger partial charge in [-0.1, -0.05) is 12.1 Å². The van der Waals surface area contributed by atoms with E-state index < -0.39 is 0 Å². The number of hydrogen-bond donors (Lipinski definition) is 3. The van der Waals surface area contributed by atoms with Crippen LogP contribution in [0.4, 0.5) is 5.69 Å². The van der Waals surface area contributed by atoms with E-state index in [1.54, 1.807) is 12.1 Å². The van der Waals surface area contributed by atoms with E-state index in [1.807, 2.05) is 30.3 Å². The molecule has 4 nitrogen and oxygen atoms in total. The fourth-order valence-electron chi connectivity index (χ4n) is 2.92. The zero-order valence-electron chi connectivity index (χ0n) is 13.3. The molecule has 2 aromatic carbocycles. The topological polar surface area (TPSA) is 61.4 Å². The Labute approximate surface area is 136 Å². The lowest BCUT2D eigenvalue weighted by Crippen LogP contribution is -2.25. The Kier molecular flexibility index (Phi) is 4.63. The molecule has 0 saturated carbocycles. The second-order valence-electron chi connectivity index (χ2n) is 6.14. The number of anilines is 1. The van der Waals surface area contributed by atoms with E-state index in [1.165, 1.54) is 5.56 Å². The van der Waals surface area contributed by atoms with Gasteiger partial charge in [0.1, 0.15) is 5.75 Å². The molecule has 3 rings (SSSR count). The summed E-state index contributed by atoms with van der Waals surface area (Å²) in [5.41, 5.74) is 4.29. The predicted molar refractivity (Wildman–Crippen MR) is 92.2 cm³/mol. The van der Waals surface area contributed by atoms with Crippen LogP contribution in [0.5, 0.6) is 5.75 Å². The molecule has 23 heavy (non-hydrogen) atoms. The van der Waals surface area contributed by atoms with Gasteiger partial charge in [0.25, 0.3) is 0 Å². The van der Waals surface area contributed by atoms with E-state index in [0.717, 1.165) is 36.2 Å². The minimum Gasteiger partial charge on any atom is -0.508 e. The van der Waals surface area contributed by atoms with Crippen molar-refractivity contribution in [1.82, 2.24) is 5.32 Å². The van der Waals surface area contributed by atoms with Gasteiger partial charge in [-0.25, -0.2) is 0 Å². The third-order valence-corrected chi connectivity index (χ3v) is 4.17. The van der Waals surface area contributed by atoms with Crippen LogP contribution in [0.2, 0.25) is 0 Å². The molecular formula is C19H22N2O2. The lowest BCUT2D eigenvalue weighted by Gasteiger charge is -2.06. The first-order valence-electron chi connectivity index (χ1n) is 8.03. The molecule has 0 radical (unpaired) electrons. The number of benzene rings is 2. The molecule has 0 amide bonds. The van der Waals surface area contributed by atoms with Crippen molar-refractivity contribution >= 4 is 11.5 Å². The third kappa shape index (κ3) is 3.90. The number of rotatable bonds is 6. The van der Waals surface area contributed by atoms with Crippen LogP contribution in [0, 0.1) is 0 Å². The molecule has 1 heterocycles. The van der Waals surface area contributed by atoms with Crippen molar-refractivity contribution < 1.29 is 9.90 Å². The Hall–Kier alpha value is -2.33. The summed E-state index contributed by atoms with van der Waals surface area (Å²) in [6.07, 6.45) is 1.81. The predicted octanol–water partition coefficient (Wildman–Crippen LogP) is 2.76. The Morgan fingerprint density at radius 2 is 2.04 bits per heavy atom. The van der Waals surface area contributed by atoms with Crippen LogP contribution < -0.4 is 10.6 Å². The van der Waals surface area contributed by atoms with Gasteiger partial charge < -0.3 is 15.7 Å². The highest BCUT2D eigenvalue weighted by molar-refractivity contribution is 5.98. The van der Waals surface area contributed by atoms with Crippen molar-refractivity contribution in [3.8, 4) is 5.75 Å². The number of fused-ring (bicyclic) bond motifs is 1. The number of nitrogens with one attached hydrogen (secondary N) is 2. The Bertz CT molecular complexity index is 695. The van der Waals surface area contributed by atoms with Crippen molar-refractivity contribution in [3.63, 3.8) is 0 Å². The number of hydrogen-bond acceptors (Lipinski definition) is 4. The van der Waals surface area contributed by atoms with Gasteiger partial charge in [0.05, 0.1) is 6.54 Å². The Morgan fingerprint density at radius 3 is 2.83 bits per heavy atom. The quantitative estimate of drug-likeness (QED) is 0.567. The van der Waals surface area contributed by atoms with Gasteiger partial charge in [-0.05, 0) is 67.8 Å². The molecule has 0 aliphatic carbocycles. The standard InChI is InChI=1S/C19H22N2O2/c1-13-10-16-11-15(4-7-18(16)21-13)19(23)12-20-9-8-14-2-5-17(22)6-3-14/h2-7,11,13,20-22H,8-10,12H2,1H3. The summed E-state index contributed by atoms with van der Waals surface area (Å²) in [5, 5.41) is 15.8. The van der Waals surface area contributed by atoms with E-state index in [9.17, 15) is 9.90 Å². The van der Waals surface area contributed by atoms with Crippen molar-refractivity contribution in [2.45, 2.75) is 25.8 Å². The summed E-state index contributed by atoms with van der Waals surface area (Å²) in [7, 11) is 0. The molecule has 0 aromatic heterocycles. The van der Waals surface area contributed by atoms with Gasteiger partial charge >= 0.3 is 0 Å². The number of Topliss-reactive ketones (excluding diaryl/α,β-unsaturated/α-hetero) is 1. The number of phenols is 1. The molecule has 0 saturated heterocycles. The second kappa shape index (κ2) is 6.84. The largest absolute Gasteiger partial charge is 0.508 e. The molecule has 3 N–H and O–H groups in total. The van der Waals surface area contributed by atoms with Crippen molar-refractivity contribution in [2.24, 2.45) is 0 Å². The number of carbonyl (C=O) groups is 1. The van der Waals surface area contributed by atoms with Crippen LogP contribution in [0.15, 0.2) is 42.5 Å². The molecule has 1 atom stereocenters. The highest BCUT2D eigenvalue weighted by Gasteiger charge is 2.18. The first kappa shape index (κ1) is 15.6. The molecule has 1 aliphatic rings. The molecule has 1 aliphatic heterocycles. The fourth-order valence-corrected chi connectivity index (χ4v) is 2.92. The van der Waals surface area contributed by atoms with E-state index in [0.29, 0.717) is 12.6 Å². The summed E-state index contributed by atoms with van der Waals surface area (Å²) in [6, 6.07) is 13.5. The minimum atomic E-state index is 0.123. The first-order chi connectivity index (χ1) is 11.1. The molecule has 0 fully saturated rings. The number of ketones is 1. The van der Waals surface area contributed by atoms with Gasteiger partial charge in [0.15, 0.2) is 5.78 Å². The molecule has 4 heteroatoms. The zero-order valence-corrected chi connectivity index (χ0v) is 13.3. The average Bonchev–Trinajstić information content (AvgIpc) is 2.92. The summed E-state index contributed by atoms with van der Waals surface area (Å²) < 4.78 is 0. The summed E-state index contributed by atoms with van der Waals surface area (Å²) in [5.74, 6) is 0.398. The zero-order chi connectivity index (χ0) is 16.2. The number of aromatic hydroxyl groups is 1. The Morgan fingerprint density at radius 1 is 1.26 bits per heavy atom. The highest BCUT2D eigenvalue weighted by atomic mass is 16.3. The smallest absolute Gasteiger partial charge is 0.176 e. The molecule has 0 spiro atoms. The van der Waals surface area contributed by atoms with Gasteiger partial charge in [0.2, 0.25) is 0 Å². The van der Waals surface area contributed by atoms with Crippen LogP contribution >= 0.6 is 0 Å². The van der Waals surface area contributed by atoms with Crippen LogP contribution in [0.3, 0.4) is 0 Å². The maximum absolute atomic E-state index is 12.3. The van der Waals surface area contributed by atoms with Gasteiger partial charge in [-0.15, -0.1) is 0 Å². The number of phenolic OH excluding ortho intramolecular Hbond substituents is 1. The fraction of sp³-hybridized carbons (Fsp3) is 0.316. The normalized spacial score (nSPS) is 16.0. The molecule has 2 aromatic rings. The molecule has 1 unspecified atom stereocenters. The summed E-state index contributed by atoms with van der Waals surface area (Å²) in [6.45, 7) is 3.23. The summed E-state index contributed by atoms with van der Waals surface area (Å²) >= 11 is 0. The molecular weight excluding hydrogens is 288 g/mol. The first-order valence-corrected chi connectivity index (χ1v) is 8.03. The van der Waals surface area contributed by atoms with E-state index in [-0.39, 0.29) is 11.5 Å². The minimum absolute atomic E-state index is 0.123. The van der Waals surface area contributed by atoms with Crippen LogP contribution in [0.25, 0.3) is 0 Å². The maximum Gasteiger partial charge on any atom is 0.176 e. The van der Waals surface area contributed by atoms with Crippen molar-refractivity contribution in [3.05, 3.63) is 59.2 Å². The highest BCUT2D eigenvalue weighted by Crippen LogP contribution is 2.26. The monoisotopic (exact) mass is 310 g/mol. The van der Waals surface area contributed by atoms with Crippen LogP contribution in [0.1, 0.15) is 28.4 Å². The van der Waals surface area contributed by atoms with Crippen molar-refractivity contribution in [1.29, 1.82) is 0 Å². The van der Waals surface area contributed by atoms with E-state index in [4.69, 9.17) is 0 Å². The lowest BCUT2D eigenvalue weighted by atomic mass is 10.0. The lowest BCUT2D eigenvalue weighted by molar-refractivity contribution is 0.0991. The SMILES string of the molecule is CC1Cc2cc(C(=O)CNCCc3ccc(O)cc3)ccc2N1. The third-order valence-electron chi connectivity index (χ3n) is 4.17. The van der Waals surface area contributed by atoms with Gasteiger partial charge in [-0.3, -0.25) is 4.79 Å². The van der Waals surface area contributed by atoms with Crippen LogP contribution in [-0.4, -0.2) is 30.0 Å². The van der Waals surface area contributed by atoms with Gasteiger partial charge in [0, 0.05) is 17.3 Å². The van der Waals surface area contributed by atoms with Crippen LogP contribution in [-0.2, 0) is 12.8 Å². The molecule has 0 bridgehead atoms.